The molecule has 0 aromatic carbocycles. The van der Waals surface area contributed by atoms with E-state index in [2.05, 4.69) is 0 Å². The molecule has 1 N–H and O–H groups in total. The van der Waals surface area contributed by atoms with Crippen molar-refractivity contribution in [2.45, 2.75) is 44.3 Å². The maximum Gasteiger partial charge on any atom is 0.460 e. The largest absolute Gasteiger partial charge is 0.460 e. The second-order valence-electron chi connectivity index (χ2n) is 3.97. The number of carbonyl (C=O) groups is 1. The zero-order valence-electron chi connectivity index (χ0n) is 10.6. The SMILES string of the molecule is CCC=C(C)C(=O)NC(F)(F)C(F)(F)C(F)(F)C(F)(F)F. The van der Waals surface area contributed by atoms with Crippen LogP contribution in [0.25, 0.3) is 0 Å². The van der Waals surface area contributed by atoms with Crippen LogP contribution in [0.1, 0.15) is 20.3 Å². The predicted octanol–water partition coefficient (Wildman–Crippen LogP) is 3.88. The Balaban J connectivity index is 5.50. The summed E-state index contributed by atoms with van der Waals surface area (Å²) in [7, 11) is 0. The molecule has 124 valence electrons. The molecule has 0 rings (SSSR count). The van der Waals surface area contributed by atoms with Crippen molar-refractivity contribution in [3.8, 4) is 0 Å². The highest BCUT2D eigenvalue weighted by molar-refractivity contribution is 5.93. The highest BCUT2D eigenvalue weighted by Gasteiger charge is 2.82. The van der Waals surface area contributed by atoms with Crippen LogP contribution in [0.4, 0.5) is 39.5 Å². The van der Waals surface area contributed by atoms with Crippen LogP contribution in [0.3, 0.4) is 0 Å². The number of carbonyl (C=O) groups excluding carboxylic acids is 1. The molecule has 0 fully saturated rings. The van der Waals surface area contributed by atoms with E-state index in [1.54, 1.807) is 0 Å². The number of nitrogens with one attached hydrogen (secondary N) is 1. The van der Waals surface area contributed by atoms with Crippen molar-refractivity contribution in [2.24, 2.45) is 0 Å². The van der Waals surface area contributed by atoms with Gasteiger partial charge in [-0.1, -0.05) is 13.0 Å². The fraction of sp³-hybridized carbons (Fsp3) is 0.700. The lowest BCUT2D eigenvalue weighted by Gasteiger charge is -2.33. The monoisotopic (exact) mass is 331 g/mol. The van der Waals surface area contributed by atoms with E-state index in [0.29, 0.717) is 0 Å². The minimum atomic E-state index is -7.03. The Morgan fingerprint density at radius 1 is 0.952 bits per heavy atom. The standard InChI is InChI=1S/C10H10F9NO/c1-3-4-5(2)6(21)20-10(18,19)8(13,14)7(11,12)9(15,16)17/h4H,3H2,1-2H3,(H,20,21). The van der Waals surface area contributed by atoms with Gasteiger partial charge in [-0.25, -0.2) is 0 Å². The third kappa shape index (κ3) is 3.62. The maximum absolute atomic E-state index is 13.0. The molecule has 0 aromatic heterocycles. The summed E-state index contributed by atoms with van der Waals surface area (Å²) in [6, 6.07) is -6.11. The summed E-state index contributed by atoms with van der Waals surface area (Å²) in [5, 5.41) is 0.189. The minimum absolute atomic E-state index is 0.125. The molecule has 0 aliphatic rings. The van der Waals surface area contributed by atoms with Gasteiger partial charge in [0.25, 0.3) is 5.91 Å². The van der Waals surface area contributed by atoms with Gasteiger partial charge in [-0.2, -0.15) is 39.5 Å². The van der Waals surface area contributed by atoms with Crippen molar-refractivity contribution in [2.75, 3.05) is 0 Å². The summed E-state index contributed by atoms with van der Waals surface area (Å²) in [5.41, 5.74) is -0.539. The van der Waals surface area contributed by atoms with E-state index >= 15 is 0 Å². The molecule has 11 heteroatoms. The molecule has 0 spiro atoms. The second kappa shape index (κ2) is 5.76. The molecule has 0 aliphatic carbocycles. The van der Waals surface area contributed by atoms with Crippen LogP contribution in [0.5, 0.6) is 0 Å². The Kier molecular flexibility index (Phi) is 5.37. The molecular weight excluding hydrogens is 321 g/mol. The molecular formula is C10H10F9NO. The van der Waals surface area contributed by atoms with Crippen LogP contribution >= 0.6 is 0 Å². The van der Waals surface area contributed by atoms with Gasteiger partial charge in [-0.3, -0.25) is 10.1 Å². The van der Waals surface area contributed by atoms with E-state index < -0.39 is 35.5 Å². The molecule has 1 amide bonds. The van der Waals surface area contributed by atoms with Crippen LogP contribution in [0.15, 0.2) is 11.6 Å². The summed E-state index contributed by atoms with van der Waals surface area (Å²) in [5.74, 6) is -15.8. The number of hydrogen-bond donors (Lipinski definition) is 1. The first-order chi connectivity index (χ1) is 9.12. The van der Waals surface area contributed by atoms with Crippen molar-refractivity contribution in [1.29, 1.82) is 0 Å². The molecule has 0 aromatic rings. The van der Waals surface area contributed by atoms with Gasteiger partial charge in [0.05, 0.1) is 0 Å². The van der Waals surface area contributed by atoms with Gasteiger partial charge in [-0.15, -0.1) is 0 Å². The summed E-state index contributed by atoms with van der Waals surface area (Å²) in [6.07, 6.45) is -5.80. The van der Waals surface area contributed by atoms with Crippen molar-refractivity contribution < 1.29 is 44.3 Å². The van der Waals surface area contributed by atoms with E-state index in [-0.39, 0.29) is 11.7 Å². The zero-order chi connectivity index (χ0) is 17.3. The lowest BCUT2D eigenvalue weighted by Crippen LogP contribution is -2.66. The average Bonchev–Trinajstić information content (AvgIpc) is 2.26. The van der Waals surface area contributed by atoms with E-state index in [0.717, 1.165) is 13.0 Å². The Morgan fingerprint density at radius 2 is 1.38 bits per heavy atom. The highest BCUT2D eigenvalue weighted by Crippen LogP contribution is 2.52. The Hall–Kier alpha value is -1.42. The molecule has 0 bridgehead atoms. The van der Waals surface area contributed by atoms with Crippen LogP contribution in [-0.2, 0) is 4.79 Å². The molecule has 0 aliphatic heterocycles. The number of halogens is 9. The Morgan fingerprint density at radius 3 is 1.71 bits per heavy atom. The van der Waals surface area contributed by atoms with Gasteiger partial charge in [-0.05, 0) is 13.3 Å². The van der Waals surface area contributed by atoms with Crippen LogP contribution in [0.2, 0.25) is 0 Å². The molecule has 0 saturated heterocycles. The van der Waals surface area contributed by atoms with Gasteiger partial charge in [0.2, 0.25) is 0 Å². The van der Waals surface area contributed by atoms with Crippen molar-refractivity contribution >= 4 is 5.91 Å². The van der Waals surface area contributed by atoms with Crippen LogP contribution < -0.4 is 5.32 Å². The van der Waals surface area contributed by atoms with Crippen molar-refractivity contribution in [3.63, 3.8) is 0 Å². The van der Waals surface area contributed by atoms with Crippen LogP contribution in [-0.4, -0.2) is 30.0 Å². The predicted molar refractivity (Wildman–Crippen MR) is 53.1 cm³/mol. The lowest BCUT2D eigenvalue weighted by molar-refractivity contribution is -0.399. The normalized spacial score (nSPS) is 15.1. The topological polar surface area (TPSA) is 29.1 Å². The number of allylic oxidation sites excluding steroid dienone is 1. The zero-order valence-corrected chi connectivity index (χ0v) is 10.6. The number of hydrogen-bond acceptors (Lipinski definition) is 1. The number of rotatable bonds is 5. The van der Waals surface area contributed by atoms with Crippen LogP contribution in [0, 0.1) is 0 Å². The molecule has 0 unspecified atom stereocenters. The second-order valence-corrected chi connectivity index (χ2v) is 3.97. The Labute approximate surface area is 113 Å². The minimum Gasteiger partial charge on any atom is -0.288 e. The average molecular weight is 331 g/mol. The third-order valence-electron chi connectivity index (χ3n) is 2.28. The third-order valence-corrected chi connectivity index (χ3v) is 2.28. The Bertz CT molecular complexity index is 425. The van der Waals surface area contributed by atoms with E-state index in [1.807, 2.05) is 0 Å². The summed E-state index contributed by atoms with van der Waals surface area (Å²) >= 11 is 0. The van der Waals surface area contributed by atoms with E-state index in [4.69, 9.17) is 0 Å². The maximum atomic E-state index is 13.0. The van der Waals surface area contributed by atoms with Crippen molar-refractivity contribution in [3.05, 3.63) is 11.6 Å². The number of amides is 1. The molecule has 0 saturated carbocycles. The molecule has 21 heavy (non-hydrogen) atoms. The summed E-state index contributed by atoms with van der Waals surface area (Å²) in [6.45, 7) is 2.34. The molecule has 0 heterocycles. The number of alkyl halides is 9. The first-order valence-corrected chi connectivity index (χ1v) is 5.31. The fourth-order valence-corrected chi connectivity index (χ4v) is 1.09. The highest BCUT2D eigenvalue weighted by atomic mass is 19.4. The molecule has 0 radical (unpaired) electrons. The van der Waals surface area contributed by atoms with Gasteiger partial charge >= 0.3 is 24.1 Å². The van der Waals surface area contributed by atoms with Gasteiger partial charge in [0.1, 0.15) is 0 Å². The quantitative estimate of drug-likeness (QED) is 0.462. The van der Waals surface area contributed by atoms with Crippen molar-refractivity contribution in [1.82, 2.24) is 5.32 Å². The van der Waals surface area contributed by atoms with E-state index in [1.165, 1.54) is 6.92 Å². The first-order valence-electron chi connectivity index (χ1n) is 5.31. The van der Waals surface area contributed by atoms with E-state index in [9.17, 15) is 44.3 Å². The van der Waals surface area contributed by atoms with Gasteiger partial charge in [0.15, 0.2) is 0 Å². The van der Waals surface area contributed by atoms with Gasteiger partial charge in [0, 0.05) is 5.57 Å². The summed E-state index contributed by atoms with van der Waals surface area (Å²) < 4.78 is 112. The van der Waals surface area contributed by atoms with Gasteiger partial charge < -0.3 is 0 Å². The molecule has 0 atom stereocenters. The lowest BCUT2D eigenvalue weighted by atomic mass is 10.1. The first kappa shape index (κ1) is 19.6. The smallest absolute Gasteiger partial charge is 0.288 e. The fourth-order valence-electron chi connectivity index (χ4n) is 1.09. The summed E-state index contributed by atoms with van der Waals surface area (Å²) in [4.78, 5) is 11.1. The molecule has 2 nitrogen and oxygen atoms in total.